The van der Waals surface area contributed by atoms with Gasteiger partial charge in [-0.3, -0.25) is 9.59 Å². The van der Waals surface area contributed by atoms with Gasteiger partial charge in [0.1, 0.15) is 0 Å². The van der Waals surface area contributed by atoms with Crippen molar-refractivity contribution in [1.29, 1.82) is 0 Å². The normalized spacial score (nSPS) is 27.5. The molecule has 4 atom stereocenters. The summed E-state index contributed by atoms with van der Waals surface area (Å²) in [4.78, 5) is 29.0. The van der Waals surface area contributed by atoms with Crippen LogP contribution in [0.25, 0.3) is 0 Å². The maximum atomic E-state index is 13.4. The van der Waals surface area contributed by atoms with E-state index >= 15 is 0 Å². The zero-order chi connectivity index (χ0) is 19.0. The van der Waals surface area contributed by atoms with Crippen LogP contribution in [0.15, 0.2) is 77.2 Å². The van der Waals surface area contributed by atoms with Crippen LogP contribution < -0.4 is 4.90 Å². The third kappa shape index (κ3) is 3.11. The standard InChI is InChI=1S/C22H21NO3S/c1-14-13-17(26-2)18-19(20(14)27-16-11-7-4-8-12-16)22(25)23(21(18)24)15-9-5-3-6-10-15/h3-13,17-20H,1-2H3/t17-,18-,19-,20-/m1/s1. The Balaban J connectivity index is 1.74. The molecule has 138 valence electrons. The Hall–Kier alpha value is -2.37. The van der Waals surface area contributed by atoms with Gasteiger partial charge in [0, 0.05) is 17.3 Å². The van der Waals surface area contributed by atoms with Crippen LogP contribution in [-0.4, -0.2) is 30.3 Å². The average Bonchev–Trinajstić information content (AvgIpc) is 2.96. The number of anilines is 1. The number of carbonyl (C=O) groups is 2. The van der Waals surface area contributed by atoms with Crippen molar-refractivity contribution in [2.45, 2.75) is 23.2 Å². The summed E-state index contributed by atoms with van der Waals surface area (Å²) in [6.07, 6.45) is 1.62. The zero-order valence-corrected chi connectivity index (χ0v) is 16.1. The lowest BCUT2D eigenvalue weighted by Crippen LogP contribution is -2.41. The molecule has 2 aromatic carbocycles. The summed E-state index contributed by atoms with van der Waals surface area (Å²) < 4.78 is 5.59. The number of hydrogen-bond acceptors (Lipinski definition) is 4. The number of carbonyl (C=O) groups excluding carboxylic acids is 2. The lowest BCUT2D eigenvalue weighted by atomic mass is 9.79. The Kier molecular flexibility index (Phi) is 4.89. The second kappa shape index (κ2) is 7.33. The number of benzene rings is 2. The van der Waals surface area contributed by atoms with Crippen LogP contribution in [-0.2, 0) is 14.3 Å². The predicted octanol–water partition coefficient (Wildman–Crippen LogP) is 3.93. The minimum absolute atomic E-state index is 0.0889. The van der Waals surface area contributed by atoms with E-state index in [4.69, 9.17) is 4.74 Å². The topological polar surface area (TPSA) is 46.6 Å². The summed E-state index contributed by atoms with van der Waals surface area (Å²) in [5.74, 6) is -1.24. The fraction of sp³-hybridized carbons (Fsp3) is 0.273. The van der Waals surface area contributed by atoms with Gasteiger partial charge in [-0.15, -0.1) is 11.8 Å². The second-order valence-electron chi connectivity index (χ2n) is 6.86. The third-order valence-corrected chi connectivity index (χ3v) is 6.71. The molecule has 1 saturated heterocycles. The van der Waals surface area contributed by atoms with Gasteiger partial charge in [0.05, 0.1) is 23.6 Å². The van der Waals surface area contributed by atoms with Gasteiger partial charge in [-0.1, -0.05) is 48.0 Å². The quantitative estimate of drug-likeness (QED) is 0.597. The van der Waals surface area contributed by atoms with E-state index < -0.39 is 11.8 Å². The molecule has 4 nitrogen and oxygen atoms in total. The number of para-hydroxylation sites is 1. The van der Waals surface area contributed by atoms with Crippen LogP contribution in [0.4, 0.5) is 5.69 Å². The molecule has 1 aliphatic heterocycles. The van der Waals surface area contributed by atoms with Gasteiger partial charge in [0.2, 0.25) is 11.8 Å². The van der Waals surface area contributed by atoms with Crippen molar-refractivity contribution < 1.29 is 14.3 Å². The van der Waals surface area contributed by atoms with Gasteiger partial charge in [-0.2, -0.15) is 0 Å². The van der Waals surface area contributed by atoms with Crippen LogP contribution >= 0.6 is 11.8 Å². The first-order valence-electron chi connectivity index (χ1n) is 8.97. The van der Waals surface area contributed by atoms with Crippen molar-refractivity contribution in [2.75, 3.05) is 12.0 Å². The summed E-state index contributed by atoms with van der Waals surface area (Å²) in [5, 5.41) is -0.0889. The van der Waals surface area contributed by atoms with Gasteiger partial charge in [0.15, 0.2) is 0 Å². The van der Waals surface area contributed by atoms with E-state index in [1.54, 1.807) is 31.0 Å². The van der Waals surface area contributed by atoms with Crippen molar-refractivity contribution in [2.24, 2.45) is 11.8 Å². The maximum absolute atomic E-state index is 13.4. The molecule has 0 aromatic heterocycles. The molecular formula is C22H21NO3S. The molecule has 0 bridgehead atoms. The molecule has 2 aromatic rings. The van der Waals surface area contributed by atoms with E-state index in [1.165, 1.54) is 4.90 Å². The van der Waals surface area contributed by atoms with Crippen molar-refractivity contribution in [3.63, 3.8) is 0 Å². The Morgan fingerprint density at radius 1 is 0.889 bits per heavy atom. The zero-order valence-electron chi connectivity index (χ0n) is 15.2. The molecule has 1 heterocycles. The Labute approximate surface area is 163 Å². The van der Waals surface area contributed by atoms with Crippen LogP contribution in [0.2, 0.25) is 0 Å². The first-order valence-corrected chi connectivity index (χ1v) is 9.85. The van der Waals surface area contributed by atoms with Gasteiger partial charge >= 0.3 is 0 Å². The minimum Gasteiger partial charge on any atom is -0.377 e. The molecule has 0 unspecified atom stereocenters. The van der Waals surface area contributed by atoms with Crippen LogP contribution in [0.5, 0.6) is 0 Å². The van der Waals surface area contributed by atoms with Crippen molar-refractivity contribution in [3.05, 3.63) is 72.3 Å². The highest BCUT2D eigenvalue weighted by Gasteiger charge is 2.56. The number of imide groups is 1. The van der Waals surface area contributed by atoms with E-state index in [9.17, 15) is 9.59 Å². The number of amides is 2. The van der Waals surface area contributed by atoms with E-state index in [1.807, 2.05) is 61.5 Å². The monoisotopic (exact) mass is 379 g/mol. The molecular weight excluding hydrogens is 358 g/mol. The van der Waals surface area contributed by atoms with Gasteiger partial charge in [-0.25, -0.2) is 4.90 Å². The summed E-state index contributed by atoms with van der Waals surface area (Å²) in [6.45, 7) is 2.02. The maximum Gasteiger partial charge on any atom is 0.240 e. The molecule has 2 amide bonds. The molecule has 1 aliphatic carbocycles. The number of hydrogen-bond donors (Lipinski definition) is 0. The van der Waals surface area contributed by atoms with Gasteiger partial charge in [-0.05, 0) is 31.2 Å². The molecule has 4 rings (SSSR count). The molecule has 27 heavy (non-hydrogen) atoms. The summed E-state index contributed by atoms with van der Waals surface area (Å²) in [7, 11) is 1.60. The first kappa shape index (κ1) is 18.0. The Morgan fingerprint density at radius 3 is 2.11 bits per heavy atom. The first-order chi connectivity index (χ1) is 13.1. The molecule has 0 saturated carbocycles. The highest BCUT2D eigenvalue weighted by atomic mass is 32.2. The lowest BCUT2D eigenvalue weighted by Gasteiger charge is -2.34. The molecule has 2 aliphatic rings. The van der Waals surface area contributed by atoms with Crippen molar-refractivity contribution in [3.8, 4) is 0 Å². The SMILES string of the molecule is CO[C@@H]1C=C(C)[C@@H](Sc2ccccc2)[C@@H]2C(=O)N(c3ccccc3)C(=O)[C@@H]21. The predicted molar refractivity (Wildman–Crippen MR) is 107 cm³/mol. The number of ether oxygens (including phenoxy) is 1. The smallest absolute Gasteiger partial charge is 0.240 e. The average molecular weight is 379 g/mol. The number of fused-ring (bicyclic) bond motifs is 1. The molecule has 5 heteroatoms. The summed E-state index contributed by atoms with van der Waals surface area (Å²) in [5.41, 5.74) is 1.70. The van der Waals surface area contributed by atoms with Gasteiger partial charge < -0.3 is 4.74 Å². The van der Waals surface area contributed by atoms with E-state index in [0.717, 1.165) is 10.5 Å². The van der Waals surface area contributed by atoms with E-state index in [0.29, 0.717) is 5.69 Å². The molecule has 0 spiro atoms. The number of rotatable bonds is 4. The second-order valence-corrected chi connectivity index (χ2v) is 8.08. The fourth-order valence-electron chi connectivity index (χ4n) is 3.98. The van der Waals surface area contributed by atoms with Crippen LogP contribution in [0.3, 0.4) is 0 Å². The van der Waals surface area contributed by atoms with Gasteiger partial charge in [0.25, 0.3) is 0 Å². The highest BCUT2D eigenvalue weighted by Crippen LogP contribution is 2.47. The lowest BCUT2D eigenvalue weighted by molar-refractivity contribution is -0.124. The largest absolute Gasteiger partial charge is 0.377 e. The Bertz CT molecular complexity index is 881. The number of nitrogens with zero attached hydrogens (tertiary/aromatic N) is 1. The number of thioether (sulfide) groups is 1. The van der Waals surface area contributed by atoms with E-state index in [2.05, 4.69) is 0 Å². The summed E-state index contributed by atoms with van der Waals surface area (Å²) >= 11 is 1.64. The third-order valence-electron chi connectivity index (χ3n) is 5.25. The minimum atomic E-state index is -0.493. The Morgan fingerprint density at radius 2 is 1.48 bits per heavy atom. The molecule has 0 N–H and O–H groups in total. The fourth-order valence-corrected chi connectivity index (χ4v) is 5.28. The molecule has 0 radical (unpaired) electrons. The van der Waals surface area contributed by atoms with Crippen molar-refractivity contribution >= 4 is 29.3 Å². The van der Waals surface area contributed by atoms with Crippen LogP contribution in [0.1, 0.15) is 6.92 Å². The highest BCUT2D eigenvalue weighted by molar-refractivity contribution is 8.00. The van der Waals surface area contributed by atoms with Crippen LogP contribution in [0, 0.1) is 11.8 Å². The molecule has 1 fully saturated rings. The summed E-state index contributed by atoms with van der Waals surface area (Å²) in [6, 6.07) is 19.2. The number of methoxy groups -OCH3 is 1. The van der Waals surface area contributed by atoms with Crippen molar-refractivity contribution in [1.82, 2.24) is 0 Å². The van der Waals surface area contributed by atoms with E-state index in [-0.39, 0.29) is 23.2 Å².